The molecular formula is C22H24N2O3. The molecule has 0 saturated carbocycles. The summed E-state index contributed by atoms with van der Waals surface area (Å²) in [6.45, 7) is 3.30. The fourth-order valence-corrected chi connectivity index (χ4v) is 4.12. The maximum Gasteiger partial charge on any atom is 0.410 e. The Balaban J connectivity index is 1.49. The Morgan fingerprint density at radius 1 is 1.04 bits per heavy atom. The van der Waals surface area contributed by atoms with Crippen molar-refractivity contribution in [2.75, 3.05) is 18.0 Å². The number of carbonyl (C=O) groups excluding carboxylic acids is 2. The van der Waals surface area contributed by atoms with Crippen LogP contribution in [0.25, 0.3) is 0 Å². The molecule has 2 amide bonds. The predicted molar refractivity (Wildman–Crippen MR) is 103 cm³/mol. The molecule has 2 aliphatic rings. The van der Waals surface area contributed by atoms with Gasteiger partial charge in [0.15, 0.2) is 0 Å². The number of para-hydroxylation sites is 1. The number of benzene rings is 2. The first-order valence-corrected chi connectivity index (χ1v) is 9.48. The Morgan fingerprint density at radius 3 is 2.59 bits per heavy atom. The second-order valence-corrected chi connectivity index (χ2v) is 7.40. The Labute approximate surface area is 159 Å². The van der Waals surface area contributed by atoms with Crippen molar-refractivity contribution in [2.45, 2.75) is 38.3 Å². The Morgan fingerprint density at radius 2 is 1.78 bits per heavy atom. The van der Waals surface area contributed by atoms with Gasteiger partial charge in [0.1, 0.15) is 12.1 Å². The number of amides is 2. The topological polar surface area (TPSA) is 49.9 Å². The van der Waals surface area contributed by atoms with Crippen molar-refractivity contribution in [3.63, 3.8) is 0 Å². The summed E-state index contributed by atoms with van der Waals surface area (Å²) < 4.78 is 5.51. The number of hydrogen-bond donors (Lipinski definition) is 0. The maximum absolute atomic E-state index is 13.4. The van der Waals surface area contributed by atoms with E-state index in [0.717, 1.165) is 24.1 Å². The maximum atomic E-state index is 13.4. The largest absolute Gasteiger partial charge is 0.445 e. The van der Waals surface area contributed by atoms with Crippen molar-refractivity contribution in [2.24, 2.45) is 0 Å². The highest BCUT2D eigenvalue weighted by molar-refractivity contribution is 6.03. The van der Waals surface area contributed by atoms with Gasteiger partial charge in [-0.2, -0.15) is 0 Å². The van der Waals surface area contributed by atoms with E-state index in [9.17, 15) is 9.59 Å². The molecule has 4 rings (SSSR count). The number of anilines is 1. The van der Waals surface area contributed by atoms with Crippen molar-refractivity contribution in [3.8, 4) is 0 Å². The average Bonchev–Trinajstić information content (AvgIpc) is 3.31. The van der Waals surface area contributed by atoms with Crippen LogP contribution < -0.4 is 4.90 Å². The summed E-state index contributed by atoms with van der Waals surface area (Å²) in [5, 5.41) is 0. The average molecular weight is 364 g/mol. The van der Waals surface area contributed by atoms with Gasteiger partial charge in [-0.1, -0.05) is 48.5 Å². The van der Waals surface area contributed by atoms with Gasteiger partial charge in [0.25, 0.3) is 5.91 Å². The van der Waals surface area contributed by atoms with E-state index < -0.39 is 11.6 Å². The third-order valence-corrected chi connectivity index (χ3v) is 5.66. The summed E-state index contributed by atoms with van der Waals surface area (Å²) in [7, 11) is 0. The smallest absolute Gasteiger partial charge is 0.410 e. The molecule has 140 valence electrons. The molecule has 1 unspecified atom stereocenters. The van der Waals surface area contributed by atoms with E-state index in [0.29, 0.717) is 19.5 Å². The zero-order valence-corrected chi connectivity index (χ0v) is 15.6. The molecule has 1 saturated heterocycles. The summed E-state index contributed by atoms with van der Waals surface area (Å²) in [4.78, 5) is 29.6. The Bertz CT molecular complexity index is 852. The molecule has 5 nitrogen and oxygen atoms in total. The van der Waals surface area contributed by atoms with Crippen LogP contribution in [0.1, 0.15) is 30.9 Å². The molecule has 0 aliphatic carbocycles. The van der Waals surface area contributed by atoms with Gasteiger partial charge in [0, 0.05) is 18.8 Å². The number of hydrogen-bond acceptors (Lipinski definition) is 3. The van der Waals surface area contributed by atoms with Gasteiger partial charge < -0.3 is 9.64 Å². The third kappa shape index (κ3) is 3.18. The molecule has 2 aliphatic heterocycles. The third-order valence-electron chi connectivity index (χ3n) is 5.66. The molecule has 0 bridgehead atoms. The minimum Gasteiger partial charge on any atom is -0.445 e. The van der Waals surface area contributed by atoms with Gasteiger partial charge in [0.05, 0.1) is 0 Å². The minimum absolute atomic E-state index is 0.0124. The van der Waals surface area contributed by atoms with E-state index in [1.807, 2.05) is 60.4 Å². The van der Waals surface area contributed by atoms with Crippen LogP contribution in [-0.4, -0.2) is 35.5 Å². The van der Waals surface area contributed by atoms with Crippen molar-refractivity contribution in [1.82, 2.24) is 4.90 Å². The lowest BCUT2D eigenvalue weighted by atomic mass is 9.97. The Hall–Kier alpha value is -2.82. The van der Waals surface area contributed by atoms with E-state index in [1.54, 1.807) is 4.90 Å². The number of nitrogens with zero attached hydrogens (tertiary/aromatic N) is 2. The quantitative estimate of drug-likeness (QED) is 0.833. The molecule has 1 fully saturated rings. The summed E-state index contributed by atoms with van der Waals surface area (Å²) in [5.74, 6) is -0.0124. The Kier molecular flexibility index (Phi) is 4.60. The van der Waals surface area contributed by atoms with E-state index >= 15 is 0 Å². The molecule has 5 heteroatoms. The first kappa shape index (κ1) is 17.6. The zero-order chi connectivity index (χ0) is 18.9. The molecule has 2 heterocycles. The van der Waals surface area contributed by atoms with Crippen LogP contribution in [0.4, 0.5) is 10.5 Å². The number of ether oxygens (including phenoxy) is 1. The predicted octanol–water partition coefficient (Wildman–Crippen LogP) is 3.77. The highest BCUT2D eigenvalue weighted by Crippen LogP contribution is 2.36. The molecule has 0 aromatic heterocycles. The molecule has 0 radical (unpaired) electrons. The number of carbonyl (C=O) groups is 2. The number of fused-ring (bicyclic) bond motifs is 1. The molecule has 0 spiro atoms. The molecule has 27 heavy (non-hydrogen) atoms. The summed E-state index contributed by atoms with van der Waals surface area (Å²) in [6.07, 6.45) is 1.90. The van der Waals surface area contributed by atoms with Crippen LogP contribution >= 0.6 is 0 Å². The fourth-order valence-electron chi connectivity index (χ4n) is 4.12. The standard InChI is InChI=1S/C22H24N2O3/c1-22(20(25)23-15-12-18-10-5-6-11-19(18)23)13-7-14-24(22)21(26)27-16-17-8-3-2-4-9-17/h2-6,8-11H,7,12-16H2,1H3. The van der Waals surface area contributed by atoms with Crippen LogP contribution in [0.5, 0.6) is 0 Å². The number of likely N-dealkylation sites (tertiary alicyclic amines) is 1. The normalized spacial score (nSPS) is 21.2. The first-order valence-electron chi connectivity index (χ1n) is 9.48. The van der Waals surface area contributed by atoms with Gasteiger partial charge >= 0.3 is 6.09 Å². The second kappa shape index (κ2) is 7.06. The molecule has 2 aromatic rings. The highest BCUT2D eigenvalue weighted by atomic mass is 16.6. The van der Waals surface area contributed by atoms with Gasteiger partial charge in [-0.25, -0.2) is 4.79 Å². The van der Waals surface area contributed by atoms with Crippen molar-refractivity contribution < 1.29 is 14.3 Å². The van der Waals surface area contributed by atoms with E-state index in [1.165, 1.54) is 5.56 Å². The van der Waals surface area contributed by atoms with Crippen molar-refractivity contribution >= 4 is 17.7 Å². The van der Waals surface area contributed by atoms with Crippen LogP contribution in [0.2, 0.25) is 0 Å². The van der Waals surface area contributed by atoms with E-state index in [-0.39, 0.29) is 12.5 Å². The summed E-state index contributed by atoms with van der Waals surface area (Å²) in [5.41, 5.74) is 2.23. The molecule has 1 atom stereocenters. The van der Waals surface area contributed by atoms with Crippen LogP contribution in [0.3, 0.4) is 0 Å². The van der Waals surface area contributed by atoms with E-state index in [4.69, 9.17) is 4.74 Å². The van der Waals surface area contributed by atoms with Gasteiger partial charge in [-0.3, -0.25) is 9.69 Å². The SMILES string of the molecule is CC1(C(=O)N2CCc3ccccc32)CCCN1C(=O)OCc1ccccc1. The van der Waals surface area contributed by atoms with Gasteiger partial charge in [0.2, 0.25) is 0 Å². The zero-order valence-electron chi connectivity index (χ0n) is 15.6. The molecular weight excluding hydrogens is 340 g/mol. The lowest BCUT2D eigenvalue weighted by molar-refractivity contribution is -0.127. The fraction of sp³-hybridized carbons (Fsp3) is 0.364. The van der Waals surface area contributed by atoms with Crippen molar-refractivity contribution in [1.29, 1.82) is 0 Å². The summed E-state index contributed by atoms with van der Waals surface area (Å²) >= 11 is 0. The first-order chi connectivity index (χ1) is 13.1. The van der Waals surface area contributed by atoms with Gasteiger partial charge in [-0.05, 0) is 43.4 Å². The van der Waals surface area contributed by atoms with Crippen LogP contribution in [0.15, 0.2) is 54.6 Å². The summed E-state index contributed by atoms with van der Waals surface area (Å²) in [6, 6.07) is 17.6. The second-order valence-electron chi connectivity index (χ2n) is 7.40. The molecule has 2 aromatic carbocycles. The van der Waals surface area contributed by atoms with Gasteiger partial charge in [-0.15, -0.1) is 0 Å². The van der Waals surface area contributed by atoms with Crippen LogP contribution in [0, 0.1) is 0 Å². The monoisotopic (exact) mass is 364 g/mol. The molecule has 0 N–H and O–H groups in total. The minimum atomic E-state index is -0.856. The highest BCUT2D eigenvalue weighted by Gasteiger charge is 2.49. The lowest BCUT2D eigenvalue weighted by Gasteiger charge is -2.36. The lowest BCUT2D eigenvalue weighted by Crippen LogP contribution is -2.56. The number of rotatable bonds is 3. The van der Waals surface area contributed by atoms with Crippen LogP contribution in [-0.2, 0) is 22.6 Å². The van der Waals surface area contributed by atoms with E-state index in [2.05, 4.69) is 6.07 Å². The van der Waals surface area contributed by atoms with Crippen molar-refractivity contribution in [3.05, 3.63) is 65.7 Å².